The van der Waals surface area contributed by atoms with Gasteiger partial charge in [0.1, 0.15) is 0 Å². The minimum Gasteiger partial charge on any atom is -0.504 e. The van der Waals surface area contributed by atoms with Crippen LogP contribution in [0.25, 0.3) is 0 Å². The molecule has 0 saturated heterocycles. The van der Waals surface area contributed by atoms with Gasteiger partial charge in [-0.3, -0.25) is 0 Å². The highest BCUT2D eigenvalue weighted by molar-refractivity contribution is 5.49. The lowest BCUT2D eigenvalue weighted by Crippen LogP contribution is -2.02. The minimum atomic E-state index is 0.292. The van der Waals surface area contributed by atoms with Crippen molar-refractivity contribution in [1.82, 2.24) is 0 Å². The summed E-state index contributed by atoms with van der Waals surface area (Å²) in [6.45, 7) is 3.18. The molecule has 0 heterocycles. The van der Waals surface area contributed by atoms with Crippen LogP contribution in [-0.4, -0.2) is 18.3 Å². The Morgan fingerprint density at radius 3 is 2.93 bits per heavy atom. The molecule has 1 saturated carbocycles. The highest BCUT2D eigenvalue weighted by Gasteiger charge is 2.39. The van der Waals surface area contributed by atoms with Crippen LogP contribution < -0.4 is 10.5 Å². The summed E-state index contributed by atoms with van der Waals surface area (Å²) in [7, 11) is 0. The first-order valence-corrected chi connectivity index (χ1v) is 5.42. The number of para-hydroxylation sites is 1. The summed E-state index contributed by atoms with van der Waals surface area (Å²) in [5, 5.41) is 9.98. The van der Waals surface area contributed by atoms with Crippen LogP contribution >= 0.6 is 0 Å². The molecular weight excluding hydrogens is 190 g/mol. The molecule has 2 rings (SSSR count). The maximum Gasteiger partial charge on any atom is 0.161 e. The van der Waals surface area contributed by atoms with Gasteiger partial charge >= 0.3 is 0 Å². The molecule has 1 aliphatic carbocycles. The summed E-state index contributed by atoms with van der Waals surface area (Å²) in [5.74, 6) is 1.83. The van der Waals surface area contributed by atoms with Gasteiger partial charge in [-0.2, -0.15) is 0 Å². The predicted molar refractivity (Wildman–Crippen MR) is 59.2 cm³/mol. The lowest BCUT2D eigenvalue weighted by molar-refractivity contribution is 0.316. The molecule has 1 aliphatic rings. The fourth-order valence-corrected chi connectivity index (χ4v) is 2.00. The Hall–Kier alpha value is -1.22. The molecule has 3 nitrogen and oxygen atoms in total. The van der Waals surface area contributed by atoms with Crippen LogP contribution in [0.1, 0.15) is 24.8 Å². The van der Waals surface area contributed by atoms with Crippen LogP contribution in [0.4, 0.5) is 0 Å². The third-order valence-corrected chi connectivity index (χ3v) is 2.95. The monoisotopic (exact) mass is 207 g/mol. The van der Waals surface area contributed by atoms with Gasteiger partial charge in [0.15, 0.2) is 11.5 Å². The molecule has 1 fully saturated rings. The molecule has 3 heteroatoms. The molecule has 0 radical (unpaired) electrons. The molecule has 15 heavy (non-hydrogen) atoms. The SMILES string of the molecule is CCOc1cccc([C@@H]2C[C@H]2CN)c1O. The van der Waals surface area contributed by atoms with Crippen molar-refractivity contribution in [3.8, 4) is 11.5 Å². The van der Waals surface area contributed by atoms with E-state index in [1.807, 2.05) is 19.1 Å². The van der Waals surface area contributed by atoms with E-state index in [0.29, 0.717) is 36.5 Å². The molecular formula is C12H17NO2. The lowest BCUT2D eigenvalue weighted by atomic mass is 10.1. The Labute approximate surface area is 89.9 Å². The summed E-state index contributed by atoms with van der Waals surface area (Å²) in [6, 6.07) is 5.67. The van der Waals surface area contributed by atoms with E-state index in [0.717, 1.165) is 12.0 Å². The molecule has 0 aromatic heterocycles. The molecule has 0 amide bonds. The highest BCUT2D eigenvalue weighted by atomic mass is 16.5. The lowest BCUT2D eigenvalue weighted by Gasteiger charge is -2.09. The number of aromatic hydroxyl groups is 1. The highest BCUT2D eigenvalue weighted by Crippen LogP contribution is 2.51. The summed E-state index contributed by atoms with van der Waals surface area (Å²) in [6.07, 6.45) is 1.08. The molecule has 0 unspecified atom stereocenters. The van der Waals surface area contributed by atoms with Crippen LogP contribution in [-0.2, 0) is 0 Å². The first-order chi connectivity index (χ1) is 7.27. The van der Waals surface area contributed by atoms with Gasteiger partial charge in [0.05, 0.1) is 6.61 Å². The fourth-order valence-electron chi connectivity index (χ4n) is 2.00. The fraction of sp³-hybridized carbons (Fsp3) is 0.500. The van der Waals surface area contributed by atoms with Crippen LogP contribution in [0.3, 0.4) is 0 Å². The van der Waals surface area contributed by atoms with Gasteiger partial charge in [-0.05, 0) is 37.8 Å². The predicted octanol–water partition coefficient (Wildman–Crippen LogP) is 1.85. The van der Waals surface area contributed by atoms with Gasteiger partial charge in [0, 0.05) is 5.56 Å². The second-order valence-electron chi connectivity index (χ2n) is 3.96. The van der Waals surface area contributed by atoms with E-state index >= 15 is 0 Å². The Bertz CT molecular complexity index is 351. The zero-order chi connectivity index (χ0) is 10.8. The maximum absolute atomic E-state index is 9.98. The van der Waals surface area contributed by atoms with E-state index in [9.17, 15) is 5.11 Å². The molecule has 1 aromatic carbocycles. The molecule has 3 N–H and O–H groups in total. The number of rotatable bonds is 4. The minimum absolute atomic E-state index is 0.292. The number of phenols is 1. The molecule has 0 aliphatic heterocycles. The summed E-state index contributed by atoms with van der Waals surface area (Å²) in [5.41, 5.74) is 6.58. The zero-order valence-corrected chi connectivity index (χ0v) is 8.94. The number of phenolic OH excluding ortho intramolecular Hbond substituents is 1. The Balaban J connectivity index is 2.21. The number of nitrogens with two attached hydrogens (primary N) is 1. The van der Waals surface area contributed by atoms with Crippen LogP contribution in [0.15, 0.2) is 18.2 Å². The van der Waals surface area contributed by atoms with Gasteiger partial charge < -0.3 is 15.6 Å². The van der Waals surface area contributed by atoms with E-state index in [1.165, 1.54) is 0 Å². The van der Waals surface area contributed by atoms with E-state index in [1.54, 1.807) is 6.07 Å². The Kier molecular flexibility index (Phi) is 2.82. The Morgan fingerprint density at radius 2 is 2.33 bits per heavy atom. The van der Waals surface area contributed by atoms with Crippen molar-refractivity contribution < 1.29 is 9.84 Å². The van der Waals surface area contributed by atoms with Crippen LogP contribution in [0.5, 0.6) is 11.5 Å². The molecule has 1 aromatic rings. The number of hydrogen-bond acceptors (Lipinski definition) is 3. The van der Waals surface area contributed by atoms with Crippen LogP contribution in [0, 0.1) is 5.92 Å². The summed E-state index contributed by atoms with van der Waals surface area (Å²) in [4.78, 5) is 0. The molecule has 0 spiro atoms. The van der Waals surface area contributed by atoms with E-state index in [-0.39, 0.29) is 0 Å². The first kappa shape index (κ1) is 10.3. The molecule has 0 bridgehead atoms. The van der Waals surface area contributed by atoms with Crippen molar-refractivity contribution in [1.29, 1.82) is 0 Å². The van der Waals surface area contributed by atoms with Gasteiger partial charge in [-0.15, -0.1) is 0 Å². The van der Waals surface area contributed by atoms with Crippen molar-refractivity contribution in [2.45, 2.75) is 19.3 Å². The van der Waals surface area contributed by atoms with Crippen LogP contribution in [0.2, 0.25) is 0 Å². The summed E-state index contributed by atoms with van der Waals surface area (Å²) >= 11 is 0. The van der Waals surface area contributed by atoms with Crippen molar-refractivity contribution in [2.75, 3.05) is 13.2 Å². The normalized spacial score (nSPS) is 23.9. The third kappa shape index (κ3) is 1.92. The van der Waals surface area contributed by atoms with E-state index in [2.05, 4.69) is 0 Å². The first-order valence-electron chi connectivity index (χ1n) is 5.42. The number of hydrogen-bond donors (Lipinski definition) is 2. The standard InChI is InChI=1S/C12H17NO2/c1-2-15-11-5-3-4-9(12(11)14)10-6-8(10)7-13/h3-5,8,10,14H,2,6-7,13H2,1H3/t8-,10+/m0/s1. The third-order valence-electron chi connectivity index (χ3n) is 2.95. The van der Waals surface area contributed by atoms with Gasteiger partial charge in [-0.25, -0.2) is 0 Å². The number of ether oxygens (including phenoxy) is 1. The van der Waals surface area contributed by atoms with Gasteiger partial charge in [0.2, 0.25) is 0 Å². The van der Waals surface area contributed by atoms with E-state index in [4.69, 9.17) is 10.5 Å². The smallest absolute Gasteiger partial charge is 0.161 e. The second-order valence-corrected chi connectivity index (χ2v) is 3.96. The van der Waals surface area contributed by atoms with E-state index < -0.39 is 0 Å². The molecule has 2 atom stereocenters. The van der Waals surface area contributed by atoms with Crippen molar-refractivity contribution in [3.63, 3.8) is 0 Å². The largest absolute Gasteiger partial charge is 0.504 e. The average molecular weight is 207 g/mol. The van der Waals surface area contributed by atoms with Gasteiger partial charge in [-0.1, -0.05) is 12.1 Å². The second kappa shape index (κ2) is 4.11. The summed E-state index contributed by atoms with van der Waals surface area (Å²) < 4.78 is 5.34. The number of benzene rings is 1. The quantitative estimate of drug-likeness (QED) is 0.792. The van der Waals surface area contributed by atoms with Crippen molar-refractivity contribution in [2.24, 2.45) is 11.7 Å². The van der Waals surface area contributed by atoms with Crippen molar-refractivity contribution >= 4 is 0 Å². The van der Waals surface area contributed by atoms with Crippen molar-refractivity contribution in [3.05, 3.63) is 23.8 Å². The topological polar surface area (TPSA) is 55.5 Å². The van der Waals surface area contributed by atoms with Gasteiger partial charge in [0.25, 0.3) is 0 Å². The average Bonchev–Trinajstić information content (AvgIpc) is 3.00. The Morgan fingerprint density at radius 1 is 1.53 bits per heavy atom. The maximum atomic E-state index is 9.98. The molecule has 82 valence electrons. The zero-order valence-electron chi connectivity index (χ0n) is 8.94.